The van der Waals surface area contributed by atoms with Crippen LogP contribution < -0.4 is 5.32 Å². The SMILES string of the molecule is O=C(NCc1ccc(F)c(F)c1)c1cnc2c(c1)ncn2C1CC1. The molecule has 0 radical (unpaired) electrons. The molecular formula is C17H14F2N4O. The lowest BCUT2D eigenvalue weighted by Crippen LogP contribution is -2.23. The number of amides is 1. The van der Waals surface area contributed by atoms with Gasteiger partial charge in [0.2, 0.25) is 0 Å². The molecule has 1 N–H and O–H groups in total. The Kier molecular flexibility index (Phi) is 3.48. The first-order valence-corrected chi connectivity index (χ1v) is 7.66. The molecule has 0 spiro atoms. The molecule has 1 aliphatic carbocycles. The van der Waals surface area contributed by atoms with Crippen molar-refractivity contribution in [1.82, 2.24) is 19.9 Å². The fraction of sp³-hybridized carbons (Fsp3) is 0.235. The molecule has 0 bridgehead atoms. The summed E-state index contributed by atoms with van der Waals surface area (Å²) < 4.78 is 28.1. The molecule has 0 saturated heterocycles. The minimum atomic E-state index is -0.935. The van der Waals surface area contributed by atoms with Crippen LogP contribution in [0.2, 0.25) is 0 Å². The van der Waals surface area contributed by atoms with Crippen molar-refractivity contribution >= 4 is 17.1 Å². The smallest absolute Gasteiger partial charge is 0.253 e. The van der Waals surface area contributed by atoms with Gasteiger partial charge in [0.25, 0.3) is 5.91 Å². The van der Waals surface area contributed by atoms with Crippen LogP contribution in [-0.2, 0) is 6.54 Å². The number of rotatable bonds is 4. The van der Waals surface area contributed by atoms with Gasteiger partial charge in [-0.1, -0.05) is 6.07 Å². The van der Waals surface area contributed by atoms with Gasteiger partial charge in [-0.2, -0.15) is 0 Å². The van der Waals surface area contributed by atoms with Crippen molar-refractivity contribution in [2.45, 2.75) is 25.4 Å². The van der Waals surface area contributed by atoms with Gasteiger partial charge in [0.1, 0.15) is 5.52 Å². The summed E-state index contributed by atoms with van der Waals surface area (Å²) >= 11 is 0. The van der Waals surface area contributed by atoms with Gasteiger partial charge in [0.15, 0.2) is 17.3 Å². The molecule has 1 aliphatic rings. The molecule has 3 aromatic rings. The lowest BCUT2D eigenvalue weighted by Gasteiger charge is -2.06. The molecule has 0 atom stereocenters. The van der Waals surface area contributed by atoms with Crippen LogP contribution in [-0.4, -0.2) is 20.4 Å². The van der Waals surface area contributed by atoms with Crippen LogP contribution in [0.4, 0.5) is 8.78 Å². The van der Waals surface area contributed by atoms with Gasteiger partial charge in [-0.25, -0.2) is 18.7 Å². The number of hydrogen-bond donors (Lipinski definition) is 1. The highest BCUT2D eigenvalue weighted by Gasteiger charge is 2.25. The van der Waals surface area contributed by atoms with E-state index < -0.39 is 11.6 Å². The number of carbonyl (C=O) groups excluding carboxylic acids is 1. The minimum absolute atomic E-state index is 0.102. The van der Waals surface area contributed by atoms with E-state index in [1.165, 1.54) is 12.3 Å². The average Bonchev–Trinajstić information content (AvgIpc) is 3.34. The normalized spacial score (nSPS) is 14.1. The Balaban J connectivity index is 1.49. The molecule has 122 valence electrons. The number of carbonyl (C=O) groups is 1. The van der Waals surface area contributed by atoms with Crippen LogP contribution in [0.15, 0.2) is 36.8 Å². The summed E-state index contributed by atoms with van der Waals surface area (Å²) in [5, 5.41) is 2.67. The lowest BCUT2D eigenvalue weighted by molar-refractivity contribution is 0.0950. The van der Waals surface area contributed by atoms with E-state index >= 15 is 0 Å². The van der Waals surface area contributed by atoms with Crippen molar-refractivity contribution in [3.05, 3.63) is 59.6 Å². The first-order valence-electron chi connectivity index (χ1n) is 7.66. The van der Waals surface area contributed by atoms with Gasteiger partial charge in [-0.3, -0.25) is 4.79 Å². The van der Waals surface area contributed by atoms with Gasteiger partial charge in [0, 0.05) is 18.8 Å². The Labute approximate surface area is 136 Å². The van der Waals surface area contributed by atoms with Crippen molar-refractivity contribution in [3.63, 3.8) is 0 Å². The van der Waals surface area contributed by atoms with Gasteiger partial charge in [0.05, 0.1) is 11.9 Å². The zero-order chi connectivity index (χ0) is 16.7. The van der Waals surface area contributed by atoms with Crippen molar-refractivity contribution < 1.29 is 13.6 Å². The number of aromatic nitrogens is 3. The molecule has 1 amide bonds. The summed E-state index contributed by atoms with van der Waals surface area (Å²) in [6.07, 6.45) is 5.51. The first kappa shape index (κ1) is 14.7. The summed E-state index contributed by atoms with van der Waals surface area (Å²) in [5.41, 5.74) is 2.30. The van der Waals surface area contributed by atoms with Crippen molar-refractivity contribution in [1.29, 1.82) is 0 Å². The molecule has 1 fully saturated rings. The Bertz CT molecular complexity index is 933. The summed E-state index contributed by atoms with van der Waals surface area (Å²) in [6, 6.07) is 5.68. The number of pyridine rings is 1. The van der Waals surface area contributed by atoms with E-state index in [9.17, 15) is 13.6 Å². The third-order valence-electron chi connectivity index (χ3n) is 4.05. The van der Waals surface area contributed by atoms with E-state index in [2.05, 4.69) is 15.3 Å². The Morgan fingerprint density at radius 1 is 1.21 bits per heavy atom. The molecule has 0 unspecified atom stereocenters. The Morgan fingerprint density at radius 3 is 2.79 bits per heavy atom. The zero-order valence-corrected chi connectivity index (χ0v) is 12.7. The second-order valence-electron chi connectivity index (χ2n) is 5.88. The van der Waals surface area contributed by atoms with Crippen LogP contribution >= 0.6 is 0 Å². The highest BCUT2D eigenvalue weighted by atomic mass is 19.2. The molecule has 24 heavy (non-hydrogen) atoms. The fourth-order valence-electron chi connectivity index (χ4n) is 2.60. The van der Waals surface area contributed by atoms with E-state index in [0.717, 1.165) is 30.6 Å². The second-order valence-corrected chi connectivity index (χ2v) is 5.88. The Hall–Kier alpha value is -2.83. The van der Waals surface area contributed by atoms with Crippen LogP contribution in [0.1, 0.15) is 34.8 Å². The monoisotopic (exact) mass is 328 g/mol. The van der Waals surface area contributed by atoms with Gasteiger partial charge in [-0.15, -0.1) is 0 Å². The zero-order valence-electron chi connectivity index (χ0n) is 12.7. The number of nitrogens with one attached hydrogen (secondary N) is 1. The predicted octanol–water partition coefficient (Wildman–Crippen LogP) is 2.97. The molecule has 1 aromatic carbocycles. The van der Waals surface area contributed by atoms with E-state index in [1.807, 2.05) is 4.57 Å². The third kappa shape index (κ3) is 2.73. The van der Waals surface area contributed by atoms with Gasteiger partial charge >= 0.3 is 0 Å². The number of halogens is 2. The number of nitrogens with zero attached hydrogens (tertiary/aromatic N) is 3. The summed E-state index contributed by atoms with van der Waals surface area (Å²) in [5.74, 6) is -2.18. The van der Waals surface area contributed by atoms with Crippen LogP contribution in [0, 0.1) is 11.6 Å². The maximum atomic E-state index is 13.2. The molecule has 4 rings (SSSR count). The molecule has 7 heteroatoms. The van der Waals surface area contributed by atoms with Crippen molar-refractivity contribution in [3.8, 4) is 0 Å². The number of imidazole rings is 1. The topological polar surface area (TPSA) is 59.8 Å². The van der Waals surface area contributed by atoms with Gasteiger partial charge in [-0.05, 0) is 36.6 Å². The molecule has 2 heterocycles. The number of benzene rings is 1. The first-order chi connectivity index (χ1) is 11.6. The molecular weight excluding hydrogens is 314 g/mol. The molecule has 1 saturated carbocycles. The second kappa shape index (κ2) is 5.67. The fourth-order valence-corrected chi connectivity index (χ4v) is 2.60. The average molecular weight is 328 g/mol. The van der Waals surface area contributed by atoms with Crippen LogP contribution in [0.3, 0.4) is 0 Å². The summed E-state index contributed by atoms with van der Waals surface area (Å²) in [7, 11) is 0. The Morgan fingerprint density at radius 2 is 2.04 bits per heavy atom. The predicted molar refractivity (Wildman–Crippen MR) is 83.3 cm³/mol. The molecule has 0 aliphatic heterocycles. The van der Waals surface area contributed by atoms with Gasteiger partial charge < -0.3 is 9.88 Å². The largest absolute Gasteiger partial charge is 0.348 e. The van der Waals surface area contributed by atoms with Crippen molar-refractivity contribution in [2.24, 2.45) is 0 Å². The summed E-state index contributed by atoms with van der Waals surface area (Å²) in [6.45, 7) is 0.102. The third-order valence-corrected chi connectivity index (χ3v) is 4.05. The van der Waals surface area contributed by atoms with Crippen LogP contribution in [0.5, 0.6) is 0 Å². The van der Waals surface area contributed by atoms with E-state index in [0.29, 0.717) is 22.7 Å². The summed E-state index contributed by atoms with van der Waals surface area (Å²) in [4.78, 5) is 20.8. The standard InChI is InChI=1S/C17H14F2N4O/c18-13-4-1-10(5-14(13)19)7-21-17(24)11-6-15-16(20-8-11)23(9-22-15)12-2-3-12/h1,4-6,8-9,12H,2-3,7H2,(H,21,24). The highest BCUT2D eigenvalue weighted by Crippen LogP contribution is 2.36. The van der Waals surface area contributed by atoms with E-state index in [4.69, 9.17) is 0 Å². The highest BCUT2D eigenvalue weighted by molar-refractivity contribution is 5.96. The maximum absolute atomic E-state index is 13.2. The molecule has 2 aromatic heterocycles. The molecule has 5 nitrogen and oxygen atoms in total. The number of fused-ring (bicyclic) bond motifs is 1. The van der Waals surface area contributed by atoms with E-state index in [1.54, 1.807) is 12.4 Å². The minimum Gasteiger partial charge on any atom is -0.348 e. The van der Waals surface area contributed by atoms with Crippen LogP contribution in [0.25, 0.3) is 11.2 Å². The lowest BCUT2D eigenvalue weighted by atomic mass is 10.2. The quantitative estimate of drug-likeness (QED) is 0.801. The maximum Gasteiger partial charge on any atom is 0.253 e. The van der Waals surface area contributed by atoms with E-state index in [-0.39, 0.29) is 12.5 Å². The number of hydrogen-bond acceptors (Lipinski definition) is 3. The van der Waals surface area contributed by atoms with Crippen molar-refractivity contribution in [2.75, 3.05) is 0 Å².